The summed E-state index contributed by atoms with van der Waals surface area (Å²) in [4.78, 5) is 26.0. The van der Waals surface area contributed by atoms with Gasteiger partial charge in [0.05, 0.1) is 26.5 Å². The summed E-state index contributed by atoms with van der Waals surface area (Å²) in [6.45, 7) is 5.91. The summed E-state index contributed by atoms with van der Waals surface area (Å²) in [5.41, 5.74) is 4.60. The van der Waals surface area contributed by atoms with Gasteiger partial charge in [0.1, 0.15) is 5.82 Å². The van der Waals surface area contributed by atoms with Gasteiger partial charge in [0.25, 0.3) is 0 Å². The lowest BCUT2D eigenvalue weighted by molar-refractivity contribution is -0.116. The number of fused-ring (bicyclic) bond motifs is 1. The van der Waals surface area contributed by atoms with E-state index in [4.69, 9.17) is 11.6 Å². The van der Waals surface area contributed by atoms with Gasteiger partial charge >= 0.3 is 0 Å². The molecule has 138 valence electrons. The fourth-order valence-electron chi connectivity index (χ4n) is 3.65. The third kappa shape index (κ3) is 3.19. The number of amides is 1. The molecule has 0 saturated carbocycles. The highest BCUT2D eigenvalue weighted by Gasteiger charge is 2.36. The van der Waals surface area contributed by atoms with Gasteiger partial charge in [0.2, 0.25) is 5.91 Å². The number of nitrogens with zero attached hydrogens (tertiary/aromatic N) is 2. The molecular formula is C20H18ClN3O2S. The molecule has 7 heteroatoms. The highest BCUT2D eigenvalue weighted by atomic mass is 35.5. The predicted molar refractivity (Wildman–Crippen MR) is 107 cm³/mol. The van der Waals surface area contributed by atoms with Crippen LogP contribution in [-0.2, 0) is 4.79 Å². The number of benzene rings is 1. The number of thiophene rings is 1. The quantitative estimate of drug-likeness (QED) is 0.642. The first-order chi connectivity index (χ1) is 12.8. The predicted octanol–water partition coefficient (Wildman–Crippen LogP) is 4.82. The third-order valence-electron chi connectivity index (χ3n) is 4.69. The lowest BCUT2D eigenvalue weighted by atomic mass is 9.87. The fraction of sp³-hybridized carbons (Fsp3) is 0.250. The number of rotatable bonds is 3. The maximum Gasteiger partial charge on any atom is 0.226 e. The van der Waals surface area contributed by atoms with Crippen LogP contribution in [0, 0.1) is 20.8 Å². The molecule has 0 saturated heterocycles. The molecule has 1 aromatic carbocycles. The van der Waals surface area contributed by atoms with Gasteiger partial charge in [-0.05, 0) is 56.2 Å². The van der Waals surface area contributed by atoms with Crippen LogP contribution in [0.3, 0.4) is 0 Å². The van der Waals surface area contributed by atoms with E-state index in [1.165, 1.54) is 11.3 Å². The van der Waals surface area contributed by atoms with Crippen molar-refractivity contribution in [1.82, 2.24) is 9.78 Å². The third-order valence-corrected chi connectivity index (χ3v) is 5.93. The van der Waals surface area contributed by atoms with Gasteiger partial charge in [-0.2, -0.15) is 5.10 Å². The zero-order chi connectivity index (χ0) is 19.3. The number of Topliss-reactive ketones (excluding diaryl/α,β-unsaturated/α-hetero) is 1. The molecule has 1 aliphatic rings. The molecule has 3 aromatic rings. The Balaban J connectivity index is 1.84. The molecule has 0 spiro atoms. The summed E-state index contributed by atoms with van der Waals surface area (Å²) in [5, 5.41) is 7.55. The number of halogens is 1. The van der Waals surface area contributed by atoms with Crippen molar-refractivity contribution in [2.45, 2.75) is 33.1 Å². The van der Waals surface area contributed by atoms with E-state index in [-0.39, 0.29) is 18.1 Å². The number of nitrogens with one attached hydrogen (secondary N) is 1. The average molecular weight is 400 g/mol. The fourth-order valence-corrected chi connectivity index (χ4v) is 4.69. The molecular weight excluding hydrogens is 382 g/mol. The second-order valence-electron chi connectivity index (χ2n) is 6.88. The summed E-state index contributed by atoms with van der Waals surface area (Å²) < 4.78 is 2.28. The Hall–Kier alpha value is -2.44. The van der Waals surface area contributed by atoms with Crippen LogP contribution in [0.15, 0.2) is 30.3 Å². The molecule has 1 aliphatic heterocycles. The SMILES string of the molecule is Cc1cc(C)cc(-n2nc(C)c3c2NC(=O)CC3C(=O)c2ccc(Cl)s2)c1. The topological polar surface area (TPSA) is 64.0 Å². The summed E-state index contributed by atoms with van der Waals surface area (Å²) in [7, 11) is 0. The van der Waals surface area contributed by atoms with E-state index in [1.807, 2.05) is 32.9 Å². The van der Waals surface area contributed by atoms with Crippen molar-refractivity contribution in [3.05, 3.63) is 61.9 Å². The molecule has 4 rings (SSSR count). The van der Waals surface area contributed by atoms with Crippen molar-refractivity contribution in [1.29, 1.82) is 0 Å². The van der Waals surface area contributed by atoms with Gasteiger partial charge in [-0.15, -0.1) is 11.3 Å². The smallest absolute Gasteiger partial charge is 0.226 e. The van der Waals surface area contributed by atoms with Gasteiger partial charge in [-0.25, -0.2) is 4.68 Å². The lowest BCUT2D eigenvalue weighted by Crippen LogP contribution is -2.28. The molecule has 0 radical (unpaired) electrons. The standard InChI is InChI=1S/C20H18ClN3O2S/c1-10-6-11(2)8-13(7-10)24-20-18(12(3)23-24)14(9-17(25)22-20)19(26)15-4-5-16(21)27-15/h4-8,14H,9H2,1-3H3,(H,22,25). The monoisotopic (exact) mass is 399 g/mol. The first-order valence-electron chi connectivity index (χ1n) is 8.61. The van der Waals surface area contributed by atoms with Gasteiger partial charge in [-0.3, -0.25) is 9.59 Å². The van der Waals surface area contributed by atoms with E-state index < -0.39 is 5.92 Å². The second-order valence-corrected chi connectivity index (χ2v) is 8.59. The minimum Gasteiger partial charge on any atom is -0.310 e. The van der Waals surface area contributed by atoms with Crippen molar-refractivity contribution in [2.24, 2.45) is 0 Å². The van der Waals surface area contributed by atoms with Crippen molar-refractivity contribution >= 4 is 40.4 Å². The first-order valence-corrected chi connectivity index (χ1v) is 9.80. The van der Waals surface area contributed by atoms with Crippen LogP contribution in [0.4, 0.5) is 5.82 Å². The zero-order valence-electron chi connectivity index (χ0n) is 15.2. The molecule has 27 heavy (non-hydrogen) atoms. The van der Waals surface area contributed by atoms with E-state index in [9.17, 15) is 9.59 Å². The Bertz CT molecular complexity index is 1060. The van der Waals surface area contributed by atoms with Crippen LogP contribution in [-0.4, -0.2) is 21.5 Å². The number of carbonyl (C=O) groups excluding carboxylic acids is 2. The number of aromatic nitrogens is 2. The van der Waals surface area contributed by atoms with Crippen LogP contribution in [0.1, 0.15) is 44.4 Å². The summed E-state index contributed by atoms with van der Waals surface area (Å²) in [6, 6.07) is 9.52. The summed E-state index contributed by atoms with van der Waals surface area (Å²) in [5.74, 6) is -0.252. The number of hydrogen-bond acceptors (Lipinski definition) is 4. The molecule has 2 aromatic heterocycles. The molecule has 1 unspecified atom stereocenters. The Kier molecular flexibility index (Phi) is 4.40. The molecule has 5 nitrogen and oxygen atoms in total. The molecule has 1 atom stereocenters. The highest BCUT2D eigenvalue weighted by molar-refractivity contribution is 7.18. The Labute approximate surface area is 166 Å². The Morgan fingerprint density at radius 1 is 1.22 bits per heavy atom. The molecule has 1 N–H and O–H groups in total. The normalized spacial score (nSPS) is 16.1. The Morgan fingerprint density at radius 2 is 1.93 bits per heavy atom. The second kappa shape index (κ2) is 6.62. The number of hydrogen-bond donors (Lipinski definition) is 1. The first kappa shape index (κ1) is 17.9. The van der Waals surface area contributed by atoms with Gasteiger partial charge in [0, 0.05) is 12.0 Å². The Morgan fingerprint density at radius 3 is 2.56 bits per heavy atom. The van der Waals surface area contributed by atoms with Crippen LogP contribution >= 0.6 is 22.9 Å². The van der Waals surface area contributed by atoms with Gasteiger partial charge in [0.15, 0.2) is 5.78 Å². The highest BCUT2D eigenvalue weighted by Crippen LogP contribution is 2.39. The largest absolute Gasteiger partial charge is 0.310 e. The maximum atomic E-state index is 13.1. The minimum absolute atomic E-state index is 0.0916. The van der Waals surface area contributed by atoms with Gasteiger partial charge < -0.3 is 5.32 Å². The van der Waals surface area contributed by atoms with E-state index in [2.05, 4.69) is 16.5 Å². The van der Waals surface area contributed by atoms with E-state index in [0.29, 0.717) is 15.0 Å². The number of aryl methyl sites for hydroxylation is 3. The van der Waals surface area contributed by atoms with Crippen LogP contribution in [0.2, 0.25) is 4.34 Å². The lowest BCUT2D eigenvalue weighted by Gasteiger charge is -2.22. The molecule has 0 fully saturated rings. The number of carbonyl (C=O) groups is 2. The van der Waals surface area contributed by atoms with Crippen molar-refractivity contribution in [3.8, 4) is 5.69 Å². The molecule has 1 amide bonds. The number of anilines is 1. The minimum atomic E-state index is -0.553. The van der Waals surface area contributed by atoms with Crippen LogP contribution < -0.4 is 5.32 Å². The van der Waals surface area contributed by atoms with E-state index >= 15 is 0 Å². The van der Waals surface area contributed by atoms with Crippen molar-refractivity contribution < 1.29 is 9.59 Å². The van der Waals surface area contributed by atoms with Crippen LogP contribution in [0.25, 0.3) is 5.69 Å². The van der Waals surface area contributed by atoms with Crippen LogP contribution in [0.5, 0.6) is 0 Å². The van der Waals surface area contributed by atoms with Gasteiger partial charge in [-0.1, -0.05) is 17.7 Å². The van der Waals surface area contributed by atoms with Crippen molar-refractivity contribution in [2.75, 3.05) is 5.32 Å². The van der Waals surface area contributed by atoms with Crippen molar-refractivity contribution in [3.63, 3.8) is 0 Å². The van der Waals surface area contributed by atoms with E-state index in [1.54, 1.807) is 16.8 Å². The number of ketones is 1. The zero-order valence-corrected chi connectivity index (χ0v) is 16.7. The summed E-state index contributed by atoms with van der Waals surface area (Å²) in [6.07, 6.45) is 0.112. The maximum absolute atomic E-state index is 13.1. The average Bonchev–Trinajstić information content (AvgIpc) is 3.16. The van der Waals surface area contributed by atoms with E-state index in [0.717, 1.165) is 28.1 Å². The molecule has 0 bridgehead atoms. The molecule has 3 heterocycles. The summed E-state index contributed by atoms with van der Waals surface area (Å²) >= 11 is 7.22. The molecule has 0 aliphatic carbocycles.